The van der Waals surface area contributed by atoms with E-state index in [0.717, 1.165) is 24.2 Å². The lowest BCUT2D eigenvalue weighted by molar-refractivity contribution is 0.0942. The first-order valence-corrected chi connectivity index (χ1v) is 9.64. The standard InChI is InChI=1S/C17H21N3O4S/c1-12-10-13(2)20(19-12)17(21)14-5-7-16(8-6-14)25(22,23)18-11-15-4-3-9-24-15/h5-8,10,15,18H,3-4,9,11H2,1-2H3/t15-/m1/s1. The maximum Gasteiger partial charge on any atom is 0.278 e. The van der Waals surface area contributed by atoms with Crippen molar-refractivity contribution in [2.75, 3.05) is 13.2 Å². The van der Waals surface area contributed by atoms with Gasteiger partial charge in [-0.25, -0.2) is 17.8 Å². The second-order valence-electron chi connectivity index (χ2n) is 6.16. The first-order chi connectivity index (χ1) is 11.9. The molecule has 1 atom stereocenters. The Morgan fingerprint density at radius 3 is 2.60 bits per heavy atom. The van der Waals surface area contributed by atoms with E-state index in [4.69, 9.17) is 4.74 Å². The molecule has 8 heteroatoms. The van der Waals surface area contributed by atoms with Crippen molar-refractivity contribution in [3.8, 4) is 0 Å². The number of hydrogen-bond acceptors (Lipinski definition) is 5. The third kappa shape index (κ3) is 3.97. The van der Waals surface area contributed by atoms with Crippen molar-refractivity contribution in [2.45, 2.75) is 37.7 Å². The van der Waals surface area contributed by atoms with Gasteiger partial charge in [0.25, 0.3) is 5.91 Å². The predicted octanol–water partition coefficient (Wildman–Crippen LogP) is 1.65. The minimum atomic E-state index is -3.62. The molecule has 0 spiro atoms. The molecule has 0 radical (unpaired) electrons. The number of rotatable bonds is 5. The molecular weight excluding hydrogens is 342 g/mol. The van der Waals surface area contributed by atoms with Gasteiger partial charge in [0.2, 0.25) is 10.0 Å². The van der Waals surface area contributed by atoms with E-state index >= 15 is 0 Å². The number of hydrogen-bond donors (Lipinski definition) is 1. The third-order valence-electron chi connectivity index (χ3n) is 4.14. The highest BCUT2D eigenvalue weighted by Crippen LogP contribution is 2.15. The van der Waals surface area contributed by atoms with Crippen molar-refractivity contribution in [1.82, 2.24) is 14.5 Å². The Labute approximate surface area is 147 Å². The molecule has 3 rings (SSSR count). The van der Waals surface area contributed by atoms with Crippen LogP contribution in [0.15, 0.2) is 35.2 Å². The first-order valence-electron chi connectivity index (χ1n) is 8.16. The normalized spacial score (nSPS) is 17.8. The number of aromatic nitrogens is 2. The minimum Gasteiger partial charge on any atom is -0.377 e. The molecule has 1 fully saturated rings. The van der Waals surface area contributed by atoms with Crippen molar-refractivity contribution >= 4 is 15.9 Å². The highest BCUT2D eigenvalue weighted by molar-refractivity contribution is 7.89. The monoisotopic (exact) mass is 363 g/mol. The van der Waals surface area contributed by atoms with Gasteiger partial charge in [-0.3, -0.25) is 4.79 Å². The van der Waals surface area contributed by atoms with Crippen LogP contribution in [-0.2, 0) is 14.8 Å². The zero-order valence-corrected chi connectivity index (χ0v) is 15.0. The molecule has 7 nitrogen and oxygen atoms in total. The van der Waals surface area contributed by atoms with Crippen LogP contribution in [0.5, 0.6) is 0 Å². The minimum absolute atomic E-state index is 0.0679. The summed E-state index contributed by atoms with van der Waals surface area (Å²) in [5.41, 5.74) is 1.87. The molecule has 134 valence electrons. The quantitative estimate of drug-likeness (QED) is 0.872. The lowest BCUT2D eigenvalue weighted by Gasteiger charge is -2.11. The van der Waals surface area contributed by atoms with Gasteiger partial charge in [-0.2, -0.15) is 5.10 Å². The number of sulfonamides is 1. The second-order valence-corrected chi connectivity index (χ2v) is 7.92. The summed E-state index contributed by atoms with van der Waals surface area (Å²) >= 11 is 0. The maximum atomic E-state index is 12.5. The third-order valence-corrected chi connectivity index (χ3v) is 5.58. The number of nitrogens with one attached hydrogen (secondary N) is 1. The zero-order chi connectivity index (χ0) is 18.0. The van der Waals surface area contributed by atoms with E-state index < -0.39 is 10.0 Å². The smallest absolute Gasteiger partial charge is 0.278 e. The summed E-state index contributed by atoms with van der Waals surface area (Å²) in [5.74, 6) is -0.290. The molecular formula is C17H21N3O4S. The van der Waals surface area contributed by atoms with Gasteiger partial charge in [-0.05, 0) is 57.0 Å². The molecule has 1 N–H and O–H groups in total. The zero-order valence-electron chi connectivity index (χ0n) is 14.2. The number of ether oxygens (including phenoxy) is 1. The summed E-state index contributed by atoms with van der Waals surface area (Å²) in [6, 6.07) is 7.66. The van der Waals surface area contributed by atoms with Gasteiger partial charge in [-0.15, -0.1) is 0 Å². The molecule has 1 saturated heterocycles. The fourth-order valence-corrected chi connectivity index (χ4v) is 3.89. The van der Waals surface area contributed by atoms with Crippen LogP contribution in [0.4, 0.5) is 0 Å². The molecule has 0 aliphatic carbocycles. The average Bonchev–Trinajstić information content (AvgIpc) is 3.22. The van der Waals surface area contributed by atoms with Gasteiger partial charge in [-0.1, -0.05) is 0 Å². The summed E-state index contributed by atoms with van der Waals surface area (Å²) in [6.07, 6.45) is 1.75. The summed E-state index contributed by atoms with van der Waals surface area (Å²) in [5, 5.41) is 4.15. The van der Waals surface area contributed by atoms with Crippen LogP contribution >= 0.6 is 0 Å². The van der Waals surface area contributed by atoms with Gasteiger partial charge in [0.05, 0.1) is 16.7 Å². The second kappa shape index (κ2) is 7.07. The molecule has 1 aliphatic heterocycles. The molecule has 2 aromatic rings. The van der Waals surface area contributed by atoms with Crippen molar-refractivity contribution in [1.29, 1.82) is 0 Å². The van der Waals surface area contributed by atoms with E-state index in [1.807, 2.05) is 13.0 Å². The number of benzene rings is 1. The predicted molar refractivity (Wildman–Crippen MR) is 92.0 cm³/mol. The van der Waals surface area contributed by atoms with Gasteiger partial charge < -0.3 is 4.74 Å². The van der Waals surface area contributed by atoms with E-state index in [2.05, 4.69) is 9.82 Å². The van der Waals surface area contributed by atoms with Gasteiger partial charge in [0, 0.05) is 24.4 Å². The molecule has 0 bridgehead atoms. The molecule has 0 saturated carbocycles. The van der Waals surface area contributed by atoms with Crippen LogP contribution in [0.1, 0.15) is 34.6 Å². The fourth-order valence-electron chi connectivity index (χ4n) is 2.82. The number of nitrogens with zero attached hydrogens (tertiary/aromatic N) is 2. The van der Waals surface area contributed by atoms with Crippen LogP contribution in [0, 0.1) is 13.8 Å². The molecule has 25 heavy (non-hydrogen) atoms. The van der Waals surface area contributed by atoms with E-state index in [1.54, 1.807) is 6.92 Å². The van der Waals surface area contributed by atoms with Crippen molar-refractivity contribution < 1.29 is 17.9 Å². The number of carbonyl (C=O) groups is 1. The summed E-state index contributed by atoms with van der Waals surface area (Å²) in [6.45, 7) is 4.54. The van der Waals surface area contributed by atoms with Crippen molar-refractivity contribution in [3.05, 3.63) is 47.3 Å². The molecule has 0 amide bonds. The van der Waals surface area contributed by atoms with Crippen LogP contribution in [0.25, 0.3) is 0 Å². The molecule has 2 heterocycles. The summed E-state index contributed by atoms with van der Waals surface area (Å²) in [4.78, 5) is 12.6. The lowest BCUT2D eigenvalue weighted by atomic mass is 10.2. The van der Waals surface area contributed by atoms with Gasteiger partial charge in [0.15, 0.2) is 0 Å². The highest BCUT2D eigenvalue weighted by Gasteiger charge is 2.21. The van der Waals surface area contributed by atoms with Crippen LogP contribution in [0.3, 0.4) is 0 Å². The van der Waals surface area contributed by atoms with Crippen LogP contribution in [-0.4, -0.2) is 43.4 Å². The van der Waals surface area contributed by atoms with Crippen molar-refractivity contribution in [2.24, 2.45) is 0 Å². The Balaban J connectivity index is 1.72. The molecule has 1 aliphatic rings. The highest BCUT2D eigenvalue weighted by atomic mass is 32.2. The van der Waals surface area contributed by atoms with Crippen LogP contribution in [0.2, 0.25) is 0 Å². The van der Waals surface area contributed by atoms with Gasteiger partial charge >= 0.3 is 0 Å². The number of aryl methyl sites for hydroxylation is 2. The first kappa shape index (κ1) is 17.8. The lowest BCUT2D eigenvalue weighted by Crippen LogP contribution is -2.31. The number of carbonyl (C=O) groups excluding carboxylic acids is 1. The van der Waals surface area contributed by atoms with E-state index in [0.29, 0.717) is 12.2 Å². The SMILES string of the molecule is Cc1cc(C)n(C(=O)c2ccc(S(=O)(=O)NC[C@H]3CCCO3)cc2)n1. The van der Waals surface area contributed by atoms with E-state index in [9.17, 15) is 13.2 Å². The largest absolute Gasteiger partial charge is 0.377 e. The Morgan fingerprint density at radius 2 is 2.04 bits per heavy atom. The topological polar surface area (TPSA) is 90.3 Å². The Hall–Kier alpha value is -2.03. The van der Waals surface area contributed by atoms with E-state index in [1.165, 1.54) is 28.9 Å². The van der Waals surface area contributed by atoms with E-state index in [-0.39, 0.29) is 23.5 Å². The Kier molecular flexibility index (Phi) is 5.03. The van der Waals surface area contributed by atoms with Crippen molar-refractivity contribution in [3.63, 3.8) is 0 Å². The Morgan fingerprint density at radius 1 is 1.32 bits per heavy atom. The summed E-state index contributed by atoms with van der Waals surface area (Å²) < 4.78 is 33.9. The average molecular weight is 363 g/mol. The van der Waals surface area contributed by atoms with Crippen LogP contribution < -0.4 is 4.72 Å². The maximum absolute atomic E-state index is 12.5. The van der Waals surface area contributed by atoms with Gasteiger partial charge in [0.1, 0.15) is 0 Å². The Bertz CT molecular complexity index is 866. The molecule has 1 aromatic heterocycles. The molecule has 0 unspecified atom stereocenters. The molecule has 1 aromatic carbocycles. The summed E-state index contributed by atoms with van der Waals surface area (Å²) in [7, 11) is -3.62. The fraction of sp³-hybridized carbons (Fsp3) is 0.412.